The summed E-state index contributed by atoms with van der Waals surface area (Å²) in [6.07, 6.45) is 2.07. The quantitative estimate of drug-likeness (QED) is 0.930. The van der Waals surface area contributed by atoms with Crippen LogP contribution in [0.4, 0.5) is 4.39 Å². The smallest absolute Gasteiger partial charge is 0.287 e. The summed E-state index contributed by atoms with van der Waals surface area (Å²) in [5.41, 5.74) is -0.561. The molecule has 3 rings (SSSR count). The number of hydrogen-bond acceptors (Lipinski definition) is 5. The van der Waals surface area contributed by atoms with Crippen molar-refractivity contribution in [3.63, 3.8) is 0 Å². The molecule has 0 spiro atoms. The molecule has 0 radical (unpaired) electrons. The number of H-pyrrole nitrogens is 1. The first-order valence-electron chi connectivity index (χ1n) is 7.54. The molecule has 2 aromatic heterocycles. The molecule has 1 amide bonds. The van der Waals surface area contributed by atoms with Gasteiger partial charge in [0, 0.05) is 19.0 Å². The molecule has 1 aliphatic heterocycles. The van der Waals surface area contributed by atoms with Crippen molar-refractivity contribution < 1.29 is 13.7 Å². The third kappa shape index (κ3) is 2.76. The Morgan fingerprint density at radius 2 is 2.35 bits per heavy atom. The van der Waals surface area contributed by atoms with E-state index in [1.165, 1.54) is 6.92 Å². The van der Waals surface area contributed by atoms with Crippen molar-refractivity contribution in [1.82, 2.24) is 20.0 Å². The Kier molecular flexibility index (Phi) is 3.97. The third-order valence-corrected chi connectivity index (χ3v) is 4.00. The first kappa shape index (κ1) is 15.4. The monoisotopic (exact) mass is 320 g/mol. The van der Waals surface area contributed by atoms with Crippen LogP contribution in [-0.2, 0) is 6.42 Å². The fraction of sp³-hybridized carbons (Fsp3) is 0.467. The van der Waals surface area contributed by atoms with Crippen molar-refractivity contribution >= 4 is 5.91 Å². The van der Waals surface area contributed by atoms with Gasteiger partial charge in [-0.15, -0.1) is 0 Å². The summed E-state index contributed by atoms with van der Waals surface area (Å²) < 4.78 is 18.5. The van der Waals surface area contributed by atoms with Gasteiger partial charge in [-0.25, -0.2) is 4.98 Å². The molecule has 1 atom stereocenters. The Bertz CT molecular complexity index is 798. The van der Waals surface area contributed by atoms with Gasteiger partial charge in [-0.05, 0) is 19.8 Å². The second-order valence-electron chi connectivity index (χ2n) is 5.54. The fourth-order valence-corrected chi connectivity index (χ4v) is 2.77. The number of hydrogen-bond donors (Lipinski definition) is 1. The molecule has 122 valence electrons. The molecule has 0 saturated carbocycles. The van der Waals surface area contributed by atoms with Crippen molar-refractivity contribution in [1.29, 1.82) is 0 Å². The van der Waals surface area contributed by atoms with E-state index in [2.05, 4.69) is 15.1 Å². The zero-order valence-corrected chi connectivity index (χ0v) is 12.9. The summed E-state index contributed by atoms with van der Waals surface area (Å²) in [5, 5.41) is 3.79. The average Bonchev–Trinajstić information content (AvgIpc) is 3.20. The number of carbonyl (C=O) groups excluding carboxylic acids is 1. The lowest BCUT2D eigenvalue weighted by Crippen LogP contribution is -2.33. The van der Waals surface area contributed by atoms with Gasteiger partial charge in [-0.3, -0.25) is 9.59 Å². The van der Waals surface area contributed by atoms with Gasteiger partial charge in [0.05, 0.1) is 11.7 Å². The van der Waals surface area contributed by atoms with Crippen LogP contribution in [0.3, 0.4) is 0 Å². The molecular weight excluding hydrogens is 303 g/mol. The zero-order valence-electron chi connectivity index (χ0n) is 12.9. The van der Waals surface area contributed by atoms with Crippen molar-refractivity contribution in [2.45, 2.75) is 39.2 Å². The molecule has 8 heteroatoms. The number of likely N-dealkylation sites (tertiary alicyclic amines) is 1. The van der Waals surface area contributed by atoms with Gasteiger partial charge < -0.3 is 14.4 Å². The molecule has 0 aromatic carbocycles. The van der Waals surface area contributed by atoms with Gasteiger partial charge in [-0.1, -0.05) is 12.1 Å². The normalized spacial score (nSPS) is 17.7. The molecule has 0 aliphatic carbocycles. The van der Waals surface area contributed by atoms with E-state index >= 15 is 0 Å². The maximum atomic E-state index is 13.5. The summed E-state index contributed by atoms with van der Waals surface area (Å²) in [4.78, 5) is 32.3. The maximum Gasteiger partial charge on any atom is 0.287 e. The minimum absolute atomic E-state index is 0.0257. The van der Waals surface area contributed by atoms with Crippen molar-refractivity contribution in [2.24, 2.45) is 0 Å². The van der Waals surface area contributed by atoms with E-state index in [9.17, 15) is 14.0 Å². The molecule has 7 nitrogen and oxygen atoms in total. The number of nitrogens with one attached hydrogen (secondary N) is 1. The predicted octanol–water partition coefficient (Wildman–Crippen LogP) is 1.75. The lowest BCUT2D eigenvalue weighted by Gasteiger charge is -2.23. The highest BCUT2D eigenvalue weighted by atomic mass is 19.1. The van der Waals surface area contributed by atoms with Crippen molar-refractivity contribution in [2.75, 3.05) is 6.54 Å². The van der Waals surface area contributed by atoms with Crippen molar-refractivity contribution in [3.05, 3.63) is 45.2 Å². The largest absolute Gasteiger partial charge is 0.361 e. The molecule has 1 aliphatic rings. The fourth-order valence-electron chi connectivity index (χ4n) is 2.77. The van der Waals surface area contributed by atoms with Crippen LogP contribution in [0.25, 0.3) is 0 Å². The summed E-state index contributed by atoms with van der Waals surface area (Å²) >= 11 is 0. The Balaban J connectivity index is 1.91. The number of aromatic nitrogens is 3. The maximum absolute atomic E-state index is 13.5. The Morgan fingerprint density at radius 3 is 3.00 bits per heavy atom. The number of aromatic amines is 1. The molecule has 1 N–H and O–H groups in total. The lowest BCUT2D eigenvalue weighted by atomic mass is 10.2. The van der Waals surface area contributed by atoms with E-state index in [0.717, 1.165) is 6.42 Å². The number of nitrogens with zero attached hydrogens (tertiary/aromatic N) is 3. The van der Waals surface area contributed by atoms with E-state index in [4.69, 9.17) is 4.52 Å². The summed E-state index contributed by atoms with van der Waals surface area (Å²) in [7, 11) is 0. The second kappa shape index (κ2) is 5.94. The number of carbonyl (C=O) groups is 1. The number of amides is 1. The van der Waals surface area contributed by atoms with Crippen LogP contribution in [0.5, 0.6) is 0 Å². The predicted molar refractivity (Wildman–Crippen MR) is 78.4 cm³/mol. The van der Waals surface area contributed by atoms with Crippen LogP contribution in [0, 0.1) is 12.7 Å². The molecule has 1 fully saturated rings. The Hall–Kier alpha value is -2.51. The molecular formula is C15H17FN4O3. The first-order chi connectivity index (χ1) is 11.0. The minimum Gasteiger partial charge on any atom is -0.361 e. The Morgan fingerprint density at radius 1 is 1.57 bits per heavy atom. The average molecular weight is 320 g/mol. The molecule has 1 saturated heterocycles. The highest BCUT2D eigenvalue weighted by Gasteiger charge is 2.34. The number of halogens is 1. The summed E-state index contributed by atoms with van der Waals surface area (Å²) in [6.45, 7) is 3.86. The van der Waals surface area contributed by atoms with Gasteiger partial charge >= 0.3 is 0 Å². The van der Waals surface area contributed by atoms with Crippen LogP contribution < -0.4 is 5.56 Å². The van der Waals surface area contributed by atoms with Crippen LogP contribution >= 0.6 is 0 Å². The van der Waals surface area contributed by atoms with Crippen LogP contribution in [0.1, 0.15) is 53.6 Å². The third-order valence-electron chi connectivity index (χ3n) is 4.00. The van der Waals surface area contributed by atoms with Crippen molar-refractivity contribution in [3.8, 4) is 0 Å². The molecule has 0 unspecified atom stereocenters. The Labute approximate surface area is 131 Å². The van der Waals surface area contributed by atoms with E-state index in [-0.39, 0.29) is 17.3 Å². The highest BCUT2D eigenvalue weighted by Crippen LogP contribution is 2.31. The van der Waals surface area contributed by atoms with Gasteiger partial charge in [0.1, 0.15) is 11.6 Å². The lowest BCUT2D eigenvalue weighted by molar-refractivity contribution is 0.0718. The van der Waals surface area contributed by atoms with Crippen LogP contribution in [0.2, 0.25) is 0 Å². The van der Waals surface area contributed by atoms with Crippen LogP contribution in [0.15, 0.2) is 15.4 Å². The first-order valence-corrected chi connectivity index (χ1v) is 7.54. The van der Waals surface area contributed by atoms with E-state index < -0.39 is 17.4 Å². The zero-order chi connectivity index (χ0) is 16.6. The summed E-state index contributed by atoms with van der Waals surface area (Å²) in [6, 6.07) is 1.22. The number of aryl methyl sites for hydroxylation is 2. The summed E-state index contributed by atoms with van der Waals surface area (Å²) in [5.74, 6) is -0.235. The SMILES string of the molecule is CCc1cc(C(=O)N2CCC[C@@H]2c2nc(C)c(F)c(=O)[nH]2)no1. The number of rotatable bonds is 3. The van der Waals surface area contributed by atoms with Gasteiger partial charge in [0.15, 0.2) is 5.69 Å². The van der Waals surface area contributed by atoms with E-state index in [0.29, 0.717) is 31.0 Å². The second-order valence-corrected chi connectivity index (χ2v) is 5.54. The topological polar surface area (TPSA) is 92.1 Å². The van der Waals surface area contributed by atoms with Crippen LogP contribution in [-0.4, -0.2) is 32.5 Å². The van der Waals surface area contributed by atoms with Gasteiger partial charge in [0.25, 0.3) is 11.5 Å². The van der Waals surface area contributed by atoms with Gasteiger partial charge in [0.2, 0.25) is 5.82 Å². The van der Waals surface area contributed by atoms with E-state index in [1.807, 2.05) is 6.92 Å². The standard InChI is InChI=1S/C15H17FN4O3/c1-3-9-7-10(19-23-9)15(22)20-6-4-5-11(20)13-17-8(2)12(16)14(21)18-13/h7,11H,3-6H2,1-2H3,(H,17,18,21)/t11-/m1/s1. The molecule has 0 bridgehead atoms. The van der Waals surface area contributed by atoms with Gasteiger partial charge in [-0.2, -0.15) is 4.39 Å². The minimum atomic E-state index is -0.895. The molecule has 2 aromatic rings. The highest BCUT2D eigenvalue weighted by molar-refractivity contribution is 5.92. The van der Waals surface area contributed by atoms with E-state index in [1.54, 1.807) is 11.0 Å². The molecule has 23 heavy (non-hydrogen) atoms. The molecule has 3 heterocycles.